The number of ether oxygens (including phenoxy) is 1. The molecule has 1 aliphatic rings. The highest BCUT2D eigenvalue weighted by Crippen LogP contribution is 2.31. The van der Waals surface area contributed by atoms with Crippen molar-refractivity contribution in [1.82, 2.24) is 9.88 Å². The number of aliphatic hydroxyl groups excluding tert-OH is 1. The van der Waals surface area contributed by atoms with E-state index in [2.05, 4.69) is 28.9 Å². The van der Waals surface area contributed by atoms with Crippen LogP contribution in [-0.2, 0) is 6.42 Å². The van der Waals surface area contributed by atoms with E-state index in [1.165, 1.54) is 28.8 Å². The van der Waals surface area contributed by atoms with Gasteiger partial charge in [-0.25, -0.2) is 4.39 Å². The SMILES string of the molecule is COc1ccc2c(CCCN3CCC(C(O)c4ccc(F)cc4)CC3)c(C)[nH]c2c1. The van der Waals surface area contributed by atoms with Crippen LogP contribution in [0.15, 0.2) is 42.5 Å². The van der Waals surface area contributed by atoms with Crippen LogP contribution in [0.2, 0.25) is 0 Å². The molecule has 4 nitrogen and oxygen atoms in total. The van der Waals surface area contributed by atoms with Gasteiger partial charge in [-0.15, -0.1) is 0 Å². The van der Waals surface area contributed by atoms with Crippen LogP contribution in [0.1, 0.15) is 42.2 Å². The molecule has 1 aromatic heterocycles. The monoisotopic (exact) mass is 410 g/mol. The van der Waals surface area contributed by atoms with Crippen LogP contribution in [0.4, 0.5) is 4.39 Å². The Labute approximate surface area is 177 Å². The minimum absolute atomic E-state index is 0.248. The highest BCUT2D eigenvalue weighted by Gasteiger charge is 2.26. The maximum atomic E-state index is 13.1. The summed E-state index contributed by atoms with van der Waals surface area (Å²) in [6.07, 6.45) is 3.62. The van der Waals surface area contributed by atoms with Crippen molar-refractivity contribution in [3.8, 4) is 5.75 Å². The number of H-pyrrole nitrogens is 1. The molecule has 2 heterocycles. The van der Waals surface area contributed by atoms with E-state index in [-0.39, 0.29) is 11.7 Å². The topological polar surface area (TPSA) is 48.5 Å². The number of nitrogens with zero attached hydrogens (tertiary/aromatic N) is 1. The van der Waals surface area contributed by atoms with Gasteiger partial charge in [0.2, 0.25) is 0 Å². The fourth-order valence-electron chi connectivity index (χ4n) is 4.72. The Hall–Kier alpha value is -2.37. The van der Waals surface area contributed by atoms with Gasteiger partial charge in [0.15, 0.2) is 0 Å². The van der Waals surface area contributed by atoms with E-state index in [0.717, 1.165) is 62.1 Å². The molecule has 4 rings (SSSR count). The quantitative estimate of drug-likeness (QED) is 0.576. The third-order valence-corrected chi connectivity index (χ3v) is 6.52. The van der Waals surface area contributed by atoms with Crippen molar-refractivity contribution in [3.63, 3.8) is 0 Å². The summed E-state index contributed by atoms with van der Waals surface area (Å²) in [7, 11) is 1.69. The highest BCUT2D eigenvalue weighted by atomic mass is 19.1. The Morgan fingerprint density at radius 1 is 1.17 bits per heavy atom. The summed E-state index contributed by atoms with van der Waals surface area (Å²) in [5.41, 5.74) is 4.59. The normalized spacial score (nSPS) is 16.8. The van der Waals surface area contributed by atoms with Gasteiger partial charge in [0.05, 0.1) is 13.2 Å². The summed E-state index contributed by atoms with van der Waals surface area (Å²) in [4.78, 5) is 5.98. The molecule has 2 aromatic carbocycles. The Bertz CT molecular complexity index is 975. The number of aromatic nitrogens is 1. The molecule has 0 spiro atoms. The predicted octanol–water partition coefficient (Wildman–Crippen LogP) is 5.00. The average molecular weight is 411 g/mol. The van der Waals surface area contributed by atoms with E-state index in [1.807, 2.05) is 6.07 Å². The van der Waals surface area contributed by atoms with Gasteiger partial charge in [0.25, 0.3) is 0 Å². The number of piperidine rings is 1. The van der Waals surface area contributed by atoms with E-state index >= 15 is 0 Å². The van der Waals surface area contributed by atoms with Crippen molar-refractivity contribution < 1.29 is 14.2 Å². The van der Waals surface area contributed by atoms with Crippen LogP contribution in [0.25, 0.3) is 10.9 Å². The van der Waals surface area contributed by atoms with Gasteiger partial charge in [-0.1, -0.05) is 12.1 Å². The van der Waals surface area contributed by atoms with E-state index in [0.29, 0.717) is 0 Å². The second-order valence-corrected chi connectivity index (χ2v) is 8.42. The van der Waals surface area contributed by atoms with Crippen LogP contribution in [-0.4, -0.2) is 41.7 Å². The lowest BCUT2D eigenvalue weighted by Gasteiger charge is -2.34. The van der Waals surface area contributed by atoms with Gasteiger partial charge in [-0.3, -0.25) is 0 Å². The maximum Gasteiger partial charge on any atom is 0.123 e. The summed E-state index contributed by atoms with van der Waals surface area (Å²) >= 11 is 0. The first-order chi connectivity index (χ1) is 14.5. The minimum atomic E-state index is -0.501. The molecule has 1 saturated heterocycles. The fraction of sp³-hybridized carbons (Fsp3) is 0.440. The third-order valence-electron chi connectivity index (χ3n) is 6.52. The van der Waals surface area contributed by atoms with E-state index in [4.69, 9.17) is 4.74 Å². The summed E-state index contributed by atoms with van der Waals surface area (Å²) in [6, 6.07) is 12.5. The summed E-state index contributed by atoms with van der Waals surface area (Å²) in [5, 5.41) is 11.9. The molecular formula is C25H31FN2O2. The Morgan fingerprint density at radius 3 is 2.60 bits per heavy atom. The van der Waals surface area contributed by atoms with Crippen molar-refractivity contribution >= 4 is 10.9 Å². The van der Waals surface area contributed by atoms with Crippen molar-refractivity contribution in [2.45, 2.75) is 38.7 Å². The summed E-state index contributed by atoms with van der Waals surface area (Å²) in [6.45, 7) is 5.23. The molecule has 3 aromatic rings. The van der Waals surface area contributed by atoms with Crippen LogP contribution in [0, 0.1) is 18.7 Å². The predicted molar refractivity (Wildman–Crippen MR) is 118 cm³/mol. The van der Waals surface area contributed by atoms with Crippen molar-refractivity contribution in [3.05, 3.63) is 65.1 Å². The lowest BCUT2D eigenvalue weighted by Crippen LogP contribution is -2.36. The zero-order valence-corrected chi connectivity index (χ0v) is 17.8. The first-order valence-corrected chi connectivity index (χ1v) is 10.9. The first kappa shape index (κ1) is 20.9. The van der Waals surface area contributed by atoms with E-state index in [1.54, 1.807) is 19.2 Å². The molecule has 30 heavy (non-hydrogen) atoms. The lowest BCUT2D eigenvalue weighted by molar-refractivity contribution is 0.0586. The number of benzene rings is 2. The highest BCUT2D eigenvalue weighted by molar-refractivity contribution is 5.85. The Balaban J connectivity index is 1.28. The standard InChI is InChI=1S/C25H31FN2O2/c1-17-22(23-10-9-21(30-2)16-24(23)27-17)4-3-13-28-14-11-19(12-15-28)25(29)18-5-7-20(26)8-6-18/h5-10,16,19,25,27,29H,3-4,11-15H2,1-2H3. The zero-order chi connectivity index (χ0) is 21.1. The van der Waals surface area contributed by atoms with Crippen LogP contribution in [0.3, 0.4) is 0 Å². The molecule has 1 atom stereocenters. The average Bonchev–Trinajstić information content (AvgIpc) is 3.08. The molecule has 5 heteroatoms. The summed E-state index contributed by atoms with van der Waals surface area (Å²) < 4.78 is 18.4. The number of nitrogens with one attached hydrogen (secondary N) is 1. The smallest absolute Gasteiger partial charge is 0.123 e. The van der Waals surface area contributed by atoms with E-state index < -0.39 is 6.10 Å². The fourth-order valence-corrected chi connectivity index (χ4v) is 4.72. The second-order valence-electron chi connectivity index (χ2n) is 8.42. The molecule has 0 amide bonds. The molecule has 0 radical (unpaired) electrons. The number of aliphatic hydroxyl groups is 1. The molecule has 1 fully saturated rings. The maximum absolute atomic E-state index is 13.1. The third kappa shape index (κ3) is 4.52. The van der Waals surface area contributed by atoms with Gasteiger partial charge in [0, 0.05) is 22.7 Å². The van der Waals surface area contributed by atoms with Gasteiger partial charge < -0.3 is 19.7 Å². The number of hydrogen-bond donors (Lipinski definition) is 2. The first-order valence-electron chi connectivity index (χ1n) is 10.9. The molecule has 1 aliphatic heterocycles. The molecule has 1 unspecified atom stereocenters. The minimum Gasteiger partial charge on any atom is -0.497 e. The number of hydrogen-bond acceptors (Lipinski definition) is 3. The van der Waals surface area contributed by atoms with Crippen molar-refractivity contribution in [1.29, 1.82) is 0 Å². The van der Waals surface area contributed by atoms with Crippen molar-refractivity contribution in [2.24, 2.45) is 5.92 Å². The molecule has 2 N–H and O–H groups in total. The summed E-state index contributed by atoms with van der Waals surface area (Å²) in [5.74, 6) is 0.865. The van der Waals surface area contributed by atoms with Crippen LogP contribution >= 0.6 is 0 Å². The number of likely N-dealkylation sites (tertiary alicyclic amines) is 1. The van der Waals surface area contributed by atoms with Crippen LogP contribution < -0.4 is 4.74 Å². The number of halogens is 1. The lowest BCUT2D eigenvalue weighted by atomic mass is 9.87. The van der Waals surface area contributed by atoms with Gasteiger partial charge >= 0.3 is 0 Å². The number of aromatic amines is 1. The largest absolute Gasteiger partial charge is 0.497 e. The second kappa shape index (κ2) is 9.19. The zero-order valence-electron chi connectivity index (χ0n) is 17.8. The molecule has 0 bridgehead atoms. The molecule has 0 saturated carbocycles. The Kier molecular flexibility index (Phi) is 6.40. The molecule has 0 aliphatic carbocycles. The van der Waals surface area contributed by atoms with Gasteiger partial charge in [-0.2, -0.15) is 0 Å². The van der Waals surface area contributed by atoms with Gasteiger partial charge in [0.1, 0.15) is 11.6 Å². The number of aryl methyl sites for hydroxylation is 2. The van der Waals surface area contributed by atoms with Crippen LogP contribution in [0.5, 0.6) is 5.75 Å². The van der Waals surface area contributed by atoms with Gasteiger partial charge in [-0.05, 0) is 93.6 Å². The Morgan fingerprint density at radius 2 is 1.90 bits per heavy atom. The molecular weight excluding hydrogens is 379 g/mol. The molecule has 160 valence electrons. The van der Waals surface area contributed by atoms with E-state index in [9.17, 15) is 9.50 Å². The number of rotatable bonds is 7. The number of fused-ring (bicyclic) bond motifs is 1. The van der Waals surface area contributed by atoms with Crippen molar-refractivity contribution in [2.75, 3.05) is 26.7 Å². The number of methoxy groups -OCH3 is 1.